The summed E-state index contributed by atoms with van der Waals surface area (Å²) in [5.74, 6) is -0.487. The van der Waals surface area contributed by atoms with E-state index in [2.05, 4.69) is 12.2 Å². The number of ether oxygens (including phenoxy) is 1. The van der Waals surface area contributed by atoms with E-state index in [0.717, 1.165) is 19.3 Å². The van der Waals surface area contributed by atoms with Gasteiger partial charge in [-0.1, -0.05) is 12.2 Å². The largest absolute Gasteiger partial charge is 0.465 e. The number of rotatable bonds is 7. The summed E-state index contributed by atoms with van der Waals surface area (Å²) < 4.78 is 11.7. The molecule has 1 unspecified atom stereocenters. The van der Waals surface area contributed by atoms with Crippen molar-refractivity contribution in [1.82, 2.24) is 4.57 Å². The van der Waals surface area contributed by atoms with Crippen molar-refractivity contribution in [3.63, 3.8) is 0 Å². The van der Waals surface area contributed by atoms with E-state index in [-0.39, 0.29) is 30.2 Å². The maximum atomic E-state index is 11.9. The molecule has 0 bridgehead atoms. The number of allylic oxidation sites excluding steroid dienone is 2. The number of aromatic nitrogens is 1. The van der Waals surface area contributed by atoms with Crippen molar-refractivity contribution in [3.8, 4) is 0 Å². The van der Waals surface area contributed by atoms with Gasteiger partial charge in [0.15, 0.2) is 5.58 Å². The van der Waals surface area contributed by atoms with Crippen LogP contribution in [0.2, 0.25) is 0 Å². The lowest BCUT2D eigenvalue weighted by Gasteiger charge is -2.17. The lowest BCUT2D eigenvalue weighted by Crippen LogP contribution is -2.17. The molecule has 0 saturated heterocycles. The third-order valence-electron chi connectivity index (χ3n) is 4.48. The van der Waals surface area contributed by atoms with Crippen LogP contribution < -0.4 is 5.76 Å². The number of fused-ring (bicyclic) bond motifs is 1. The Labute approximate surface area is 149 Å². The summed E-state index contributed by atoms with van der Waals surface area (Å²) in [5.41, 5.74) is 0.500. The van der Waals surface area contributed by atoms with Gasteiger partial charge in [0.25, 0.3) is 5.69 Å². The first-order valence-electron chi connectivity index (χ1n) is 8.63. The normalized spacial score (nSPS) is 16.7. The number of nitrogens with zero attached hydrogens (tertiary/aromatic N) is 2. The molecule has 0 aliphatic heterocycles. The van der Waals surface area contributed by atoms with E-state index >= 15 is 0 Å². The van der Waals surface area contributed by atoms with Gasteiger partial charge in [-0.05, 0) is 37.7 Å². The predicted octanol–water partition coefficient (Wildman–Crippen LogP) is 3.18. The number of aryl methyl sites for hydroxylation is 1. The van der Waals surface area contributed by atoms with Crippen molar-refractivity contribution in [2.45, 2.75) is 38.6 Å². The summed E-state index contributed by atoms with van der Waals surface area (Å²) in [7, 11) is 0. The minimum absolute atomic E-state index is 0.139. The van der Waals surface area contributed by atoms with Crippen molar-refractivity contribution < 1.29 is 18.9 Å². The highest BCUT2D eigenvalue weighted by Gasteiger charge is 2.15. The number of esters is 1. The second-order valence-corrected chi connectivity index (χ2v) is 6.37. The maximum Gasteiger partial charge on any atom is 0.419 e. The van der Waals surface area contributed by atoms with Gasteiger partial charge in [-0.3, -0.25) is 19.5 Å². The molecule has 8 heteroatoms. The quantitative estimate of drug-likeness (QED) is 0.325. The first-order chi connectivity index (χ1) is 12.5. The summed E-state index contributed by atoms with van der Waals surface area (Å²) >= 11 is 0. The van der Waals surface area contributed by atoms with Gasteiger partial charge >= 0.3 is 11.7 Å². The number of oxazole rings is 1. The first-order valence-corrected chi connectivity index (χ1v) is 8.63. The number of nitro groups is 1. The van der Waals surface area contributed by atoms with Crippen LogP contribution in [0.3, 0.4) is 0 Å². The van der Waals surface area contributed by atoms with Gasteiger partial charge in [0.1, 0.15) is 0 Å². The molecule has 1 atom stereocenters. The molecule has 1 aliphatic rings. The standard InChI is InChI=1S/C18H20N2O6/c21-17(25-12-13-5-2-1-3-6-13)7-4-10-19-15-9-8-14(20(23)24)11-16(15)26-18(19)22/h1-2,8-9,11,13H,3-7,10,12H2. The zero-order valence-corrected chi connectivity index (χ0v) is 14.3. The summed E-state index contributed by atoms with van der Waals surface area (Å²) in [6, 6.07) is 4.02. The van der Waals surface area contributed by atoms with Crippen molar-refractivity contribution in [2.75, 3.05) is 6.61 Å². The molecule has 2 aromatic rings. The molecule has 138 valence electrons. The summed E-state index contributed by atoms with van der Waals surface area (Å²) in [6.45, 7) is 0.715. The number of benzene rings is 1. The van der Waals surface area contributed by atoms with Gasteiger partial charge in [0.05, 0.1) is 23.1 Å². The summed E-state index contributed by atoms with van der Waals surface area (Å²) in [6.07, 6.45) is 7.88. The maximum absolute atomic E-state index is 11.9. The second kappa shape index (κ2) is 7.99. The van der Waals surface area contributed by atoms with Crippen molar-refractivity contribution in [2.24, 2.45) is 5.92 Å². The van der Waals surface area contributed by atoms with E-state index in [1.165, 1.54) is 22.8 Å². The smallest absolute Gasteiger partial charge is 0.419 e. The lowest BCUT2D eigenvalue weighted by molar-refractivity contribution is -0.384. The van der Waals surface area contributed by atoms with Crippen LogP contribution in [0.15, 0.2) is 39.6 Å². The zero-order chi connectivity index (χ0) is 18.5. The molecule has 3 rings (SSSR count). The molecule has 1 heterocycles. The van der Waals surface area contributed by atoms with E-state index in [9.17, 15) is 19.7 Å². The van der Waals surface area contributed by atoms with Crippen LogP contribution in [0.4, 0.5) is 5.69 Å². The average molecular weight is 360 g/mol. The fourth-order valence-corrected chi connectivity index (χ4v) is 3.05. The van der Waals surface area contributed by atoms with E-state index in [1.54, 1.807) is 0 Å². The number of carbonyl (C=O) groups excluding carboxylic acids is 1. The SMILES string of the molecule is O=C(CCCn1c(=O)oc2cc([N+](=O)[O-])ccc21)OCC1CC=CCC1. The van der Waals surface area contributed by atoms with Gasteiger partial charge in [0.2, 0.25) is 0 Å². The fraction of sp³-hybridized carbons (Fsp3) is 0.444. The van der Waals surface area contributed by atoms with Crippen LogP contribution in [0, 0.1) is 16.0 Å². The summed E-state index contributed by atoms with van der Waals surface area (Å²) in [5, 5.41) is 10.8. The molecule has 26 heavy (non-hydrogen) atoms. The second-order valence-electron chi connectivity index (χ2n) is 6.37. The van der Waals surface area contributed by atoms with Crippen molar-refractivity contribution in [3.05, 3.63) is 51.0 Å². The molecule has 0 saturated carbocycles. The molecule has 0 amide bonds. The highest BCUT2D eigenvalue weighted by Crippen LogP contribution is 2.21. The Morgan fingerprint density at radius 2 is 2.23 bits per heavy atom. The Balaban J connectivity index is 1.53. The molecular weight excluding hydrogens is 340 g/mol. The molecular formula is C18H20N2O6. The van der Waals surface area contributed by atoms with E-state index in [1.807, 2.05) is 0 Å². The predicted molar refractivity (Wildman–Crippen MR) is 93.8 cm³/mol. The van der Waals surface area contributed by atoms with Gasteiger partial charge in [-0.15, -0.1) is 0 Å². The topological polar surface area (TPSA) is 105 Å². The lowest BCUT2D eigenvalue weighted by atomic mass is 9.95. The Kier molecular flexibility index (Phi) is 5.50. The Morgan fingerprint density at radius 3 is 2.96 bits per heavy atom. The van der Waals surface area contributed by atoms with Crippen LogP contribution >= 0.6 is 0 Å². The first kappa shape index (κ1) is 17.9. The van der Waals surface area contributed by atoms with Crippen LogP contribution in [0.25, 0.3) is 11.1 Å². The molecule has 1 aromatic carbocycles. The van der Waals surface area contributed by atoms with Crippen LogP contribution in [0.1, 0.15) is 32.1 Å². The Morgan fingerprint density at radius 1 is 1.38 bits per heavy atom. The number of non-ortho nitro benzene ring substituents is 1. The van der Waals surface area contributed by atoms with Gasteiger partial charge in [-0.25, -0.2) is 4.79 Å². The summed E-state index contributed by atoms with van der Waals surface area (Å²) in [4.78, 5) is 34.0. The van der Waals surface area contributed by atoms with Crippen molar-refractivity contribution >= 4 is 22.8 Å². The van der Waals surface area contributed by atoms with E-state index in [0.29, 0.717) is 24.5 Å². The van der Waals surface area contributed by atoms with Crippen LogP contribution in [0.5, 0.6) is 0 Å². The minimum Gasteiger partial charge on any atom is -0.465 e. The average Bonchev–Trinajstić information content (AvgIpc) is 2.95. The molecule has 1 aliphatic carbocycles. The van der Waals surface area contributed by atoms with Crippen molar-refractivity contribution in [1.29, 1.82) is 0 Å². The molecule has 0 N–H and O–H groups in total. The number of nitro benzene ring substituents is 1. The molecule has 0 fully saturated rings. The van der Waals surface area contributed by atoms with Crippen LogP contribution in [-0.2, 0) is 16.1 Å². The number of hydrogen-bond donors (Lipinski definition) is 0. The number of hydrogen-bond acceptors (Lipinski definition) is 6. The highest BCUT2D eigenvalue weighted by molar-refractivity contribution is 5.75. The third-order valence-corrected chi connectivity index (χ3v) is 4.48. The molecule has 8 nitrogen and oxygen atoms in total. The van der Waals surface area contributed by atoms with Gasteiger partial charge in [-0.2, -0.15) is 0 Å². The Hall–Kier alpha value is -2.90. The monoisotopic (exact) mass is 360 g/mol. The van der Waals surface area contributed by atoms with Crippen LogP contribution in [-0.4, -0.2) is 22.1 Å². The molecule has 0 spiro atoms. The molecule has 1 aromatic heterocycles. The third kappa shape index (κ3) is 4.19. The zero-order valence-electron chi connectivity index (χ0n) is 14.3. The van der Waals surface area contributed by atoms with E-state index < -0.39 is 10.7 Å². The van der Waals surface area contributed by atoms with Gasteiger partial charge in [0, 0.05) is 19.0 Å². The molecule has 0 radical (unpaired) electrons. The highest BCUT2D eigenvalue weighted by atomic mass is 16.6. The fourth-order valence-electron chi connectivity index (χ4n) is 3.05. The minimum atomic E-state index is -0.595. The van der Waals surface area contributed by atoms with E-state index in [4.69, 9.17) is 9.15 Å². The number of carbonyl (C=O) groups is 1. The van der Waals surface area contributed by atoms with Gasteiger partial charge < -0.3 is 9.15 Å². The Bertz CT molecular complexity index is 895.